The summed E-state index contributed by atoms with van der Waals surface area (Å²) in [4.78, 5) is 16.0. The molecule has 0 saturated carbocycles. The van der Waals surface area contributed by atoms with Crippen LogP contribution in [0.25, 0.3) is 17.1 Å². The number of benzene rings is 1. The normalized spacial score (nSPS) is 11.0. The number of carbonyl (C=O) groups excluding carboxylic acids is 1. The fourth-order valence-electron chi connectivity index (χ4n) is 3.21. The van der Waals surface area contributed by atoms with Gasteiger partial charge in [0.05, 0.1) is 18.6 Å². The Balaban J connectivity index is 1.70. The Bertz CT molecular complexity index is 1230. The predicted molar refractivity (Wildman–Crippen MR) is 118 cm³/mol. The first kappa shape index (κ1) is 20.9. The molecule has 0 spiro atoms. The number of esters is 1. The van der Waals surface area contributed by atoms with Crippen molar-refractivity contribution in [3.63, 3.8) is 0 Å². The monoisotopic (exact) mass is 434 g/mol. The number of hydrogen-bond acceptors (Lipinski definition) is 7. The zero-order chi connectivity index (χ0) is 22.0. The maximum absolute atomic E-state index is 11.9. The van der Waals surface area contributed by atoms with Crippen molar-refractivity contribution in [1.82, 2.24) is 19.7 Å². The van der Waals surface area contributed by atoms with E-state index in [2.05, 4.69) is 47.2 Å². The lowest BCUT2D eigenvalue weighted by Gasteiger charge is -2.12. The lowest BCUT2D eigenvalue weighted by atomic mass is 10.1. The molecule has 0 aliphatic carbocycles. The first-order valence-corrected chi connectivity index (χ1v) is 10.7. The lowest BCUT2D eigenvalue weighted by molar-refractivity contribution is 0.0599. The largest absolute Gasteiger partial charge is 0.465 e. The third-order valence-corrected chi connectivity index (χ3v) is 5.99. The van der Waals surface area contributed by atoms with Gasteiger partial charge in [0.1, 0.15) is 17.1 Å². The minimum atomic E-state index is -0.407. The van der Waals surface area contributed by atoms with Crippen LogP contribution in [0.4, 0.5) is 0 Å². The maximum atomic E-state index is 11.9. The number of ether oxygens (including phenoxy) is 1. The quantitative estimate of drug-likeness (QED) is 0.314. The molecular weight excluding hydrogens is 412 g/mol. The molecule has 0 amide bonds. The second-order valence-corrected chi connectivity index (χ2v) is 8.05. The highest BCUT2D eigenvalue weighted by Gasteiger charge is 2.19. The number of aryl methyl sites for hydroxylation is 3. The second-order valence-electron chi connectivity index (χ2n) is 7.11. The molecule has 1 aromatic carbocycles. The molecule has 4 rings (SSSR count). The smallest absolute Gasteiger partial charge is 0.341 e. The van der Waals surface area contributed by atoms with Crippen molar-refractivity contribution in [1.29, 1.82) is 0 Å². The van der Waals surface area contributed by atoms with Gasteiger partial charge in [0.15, 0.2) is 11.0 Å². The molecule has 0 N–H and O–H groups in total. The number of furan rings is 1. The van der Waals surface area contributed by atoms with Crippen LogP contribution in [0.3, 0.4) is 0 Å². The summed E-state index contributed by atoms with van der Waals surface area (Å²) in [5, 5.41) is 9.62. The van der Waals surface area contributed by atoms with E-state index < -0.39 is 5.97 Å². The van der Waals surface area contributed by atoms with Gasteiger partial charge in [-0.05, 0) is 62.2 Å². The van der Waals surface area contributed by atoms with E-state index in [9.17, 15) is 4.79 Å². The van der Waals surface area contributed by atoms with Gasteiger partial charge in [-0.15, -0.1) is 10.2 Å². The standard InChI is InChI=1S/C23H22N4O3S/c1-14-5-6-18(11-15(14)2)27-21(17-7-9-24-10-8-17)25-26-23(27)31-13-19-12-20(16(3)30-19)22(28)29-4/h5-12H,13H2,1-4H3. The molecule has 0 atom stereocenters. The van der Waals surface area contributed by atoms with Gasteiger partial charge in [-0.2, -0.15) is 0 Å². The highest BCUT2D eigenvalue weighted by Crippen LogP contribution is 2.31. The summed E-state index contributed by atoms with van der Waals surface area (Å²) >= 11 is 1.49. The molecule has 31 heavy (non-hydrogen) atoms. The molecule has 3 aromatic heterocycles. The molecule has 0 unspecified atom stereocenters. The molecule has 0 bridgehead atoms. The SMILES string of the molecule is COC(=O)c1cc(CSc2nnc(-c3ccncc3)n2-c2ccc(C)c(C)c2)oc1C. The van der Waals surface area contributed by atoms with Crippen LogP contribution in [0, 0.1) is 20.8 Å². The molecule has 0 fully saturated rings. The van der Waals surface area contributed by atoms with Crippen LogP contribution in [0.1, 0.15) is 33.0 Å². The van der Waals surface area contributed by atoms with Gasteiger partial charge in [-0.3, -0.25) is 9.55 Å². The van der Waals surface area contributed by atoms with Crippen molar-refractivity contribution >= 4 is 17.7 Å². The maximum Gasteiger partial charge on any atom is 0.341 e. The molecule has 0 aliphatic rings. The summed E-state index contributed by atoms with van der Waals surface area (Å²) in [5.74, 6) is 2.03. The molecule has 8 heteroatoms. The summed E-state index contributed by atoms with van der Waals surface area (Å²) in [6, 6.07) is 11.8. The first-order chi connectivity index (χ1) is 15.0. The Morgan fingerprint density at radius 2 is 1.84 bits per heavy atom. The van der Waals surface area contributed by atoms with Gasteiger partial charge in [-0.1, -0.05) is 17.8 Å². The topological polar surface area (TPSA) is 83.0 Å². The highest BCUT2D eigenvalue weighted by molar-refractivity contribution is 7.98. The van der Waals surface area contributed by atoms with E-state index in [4.69, 9.17) is 9.15 Å². The van der Waals surface area contributed by atoms with Crippen LogP contribution in [0.2, 0.25) is 0 Å². The molecule has 0 radical (unpaired) electrons. The Hall–Kier alpha value is -3.39. The molecule has 0 aliphatic heterocycles. The number of nitrogens with zero attached hydrogens (tertiary/aromatic N) is 4. The number of hydrogen-bond donors (Lipinski definition) is 0. The molecule has 158 valence electrons. The Labute approximate surface area is 184 Å². The van der Waals surface area contributed by atoms with Gasteiger partial charge in [-0.25, -0.2) is 4.79 Å². The van der Waals surface area contributed by atoms with Crippen molar-refractivity contribution in [2.24, 2.45) is 0 Å². The van der Waals surface area contributed by atoms with Crippen LogP contribution in [0.15, 0.2) is 58.4 Å². The molecule has 4 aromatic rings. The van der Waals surface area contributed by atoms with E-state index in [1.54, 1.807) is 25.4 Å². The molecular formula is C23H22N4O3S. The number of thioether (sulfide) groups is 1. The first-order valence-electron chi connectivity index (χ1n) is 9.71. The van der Waals surface area contributed by atoms with Crippen LogP contribution in [-0.4, -0.2) is 32.8 Å². The second kappa shape index (κ2) is 8.77. The zero-order valence-electron chi connectivity index (χ0n) is 17.7. The number of aromatic nitrogens is 4. The average molecular weight is 435 g/mol. The predicted octanol–water partition coefficient (Wildman–Crippen LogP) is 4.93. The Kier molecular flexibility index (Phi) is 5.90. The molecule has 3 heterocycles. The fraction of sp³-hybridized carbons (Fsp3) is 0.217. The van der Waals surface area contributed by atoms with Gasteiger partial charge < -0.3 is 9.15 Å². The van der Waals surface area contributed by atoms with E-state index >= 15 is 0 Å². The minimum Gasteiger partial charge on any atom is -0.465 e. The Morgan fingerprint density at radius 1 is 1.06 bits per heavy atom. The van der Waals surface area contributed by atoms with Crippen LogP contribution in [-0.2, 0) is 10.5 Å². The van der Waals surface area contributed by atoms with Crippen LogP contribution < -0.4 is 0 Å². The van der Waals surface area contributed by atoms with Crippen molar-refractivity contribution in [2.45, 2.75) is 31.7 Å². The summed E-state index contributed by atoms with van der Waals surface area (Å²) < 4.78 is 12.6. The summed E-state index contributed by atoms with van der Waals surface area (Å²) in [7, 11) is 1.36. The van der Waals surface area contributed by atoms with Crippen molar-refractivity contribution in [3.05, 3.63) is 77.0 Å². The number of pyridine rings is 1. The molecule has 7 nitrogen and oxygen atoms in total. The average Bonchev–Trinajstić information content (AvgIpc) is 3.37. The third-order valence-electron chi connectivity index (χ3n) is 5.04. The number of rotatable bonds is 6. The van der Waals surface area contributed by atoms with Gasteiger partial charge in [0.2, 0.25) is 0 Å². The number of carbonyl (C=O) groups is 1. The van der Waals surface area contributed by atoms with Gasteiger partial charge in [0, 0.05) is 18.0 Å². The minimum absolute atomic E-state index is 0.407. The number of methoxy groups -OCH3 is 1. The van der Waals surface area contributed by atoms with Crippen molar-refractivity contribution in [3.8, 4) is 17.1 Å². The fourth-order valence-corrected chi connectivity index (χ4v) is 4.05. The highest BCUT2D eigenvalue weighted by atomic mass is 32.2. The lowest BCUT2D eigenvalue weighted by Crippen LogP contribution is -2.01. The summed E-state index contributed by atoms with van der Waals surface area (Å²) in [5.41, 5.74) is 4.75. The van der Waals surface area contributed by atoms with E-state index in [0.29, 0.717) is 22.8 Å². The van der Waals surface area contributed by atoms with Crippen molar-refractivity contribution < 1.29 is 13.9 Å². The van der Waals surface area contributed by atoms with E-state index in [1.165, 1.54) is 30.0 Å². The van der Waals surface area contributed by atoms with E-state index in [-0.39, 0.29) is 0 Å². The Morgan fingerprint density at radius 3 is 2.55 bits per heavy atom. The van der Waals surface area contributed by atoms with Crippen molar-refractivity contribution in [2.75, 3.05) is 7.11 Å². The third kappa shape index (κ3) is 4.25. The van der Waals surface area contributed by atoms with Crippen LogP contribution >= 0.6 is 11.8 Å². The zero-order valence-corrected chi connectivity index (χ0v) is 18.6. The molecule has 0 saturated heterocycles. The summed E-state index contributed by atoms with van der Waals surface area (Å²) in [6.07, 6.45) is 3.48. The van der Waals surface area contributed by atoms with Gasteiger partial charge in [0.25, 0.3) is 0 Å². The van der Waals surface area contributed by atoms with E-state index in [1.807, 2.05) is 16.7 Å². The summed E-state index contributed by atoms with van der Waals surface area (Å²) in [6.45, 7) is 5.92. The van der Waals surface area contributed by atoms with E-state index in [0.717, 1.165) is 22.2 Å². The van der Waals surface area contributed by atoms with Gasteiger partial charge >= 0.3 is 5.97 Å². The van der Waals surface area contributed by atoms with Crippen LogP contribution in [0.5, 0.6) is 0 Å².